The summed E-state index contributed by atoms with van der Waals surface area (Å²) in [7, 11) is 3.18. The van der Waals surface area contributed by atoms with Gasteiger partial charge >= 0.3 is 0 Å². The first-order valence-electron chi connectivity index (χ1n) is 8.66. The molecular formula is C20H22F2N2O3. The molecule has 0 aromatic heterocycles. The zero-order valence-corrected chi connectivity index (χ0v) is 15.5. The van der Waals surface area contributed by atoms with Gasteiger partial charge in [0, 0.05) is 18.7 Å². The van der Waals surface area contributed by atoms with E-state index in [1.165, 1.54) is 6.07 Å². The van der Waals surface area contributed by atoms with Crippen LogP contribution in [0.15, 0.2) is 30.3 Å². The van der Waals surface area contributed by atoms with E-state index in [0.717, 1.165) is 29.7 Å². The van der Waals surface area contributed by atoms with Crippen molar-refractivity contribution in [3.05, 3.63) is 53.1 Å². The Bertz CT molecular complexity index is 857. The summed E-state index contributed by atoms with van der Waals surface area (Å²) in [4.78, 5) is 14.3. The van der Waals surface area contributed by atoms with E-state index in [0.29, 0.717) is 18.0 Å². The quantitative estimate of drug-likeness (QED) is 0.867. The molecule has 0 saturated carbocycles. The normalized spacial score (nSPS) is 16.6. The van der Waals surface area contributed by atoms with Crippen LogP contribution in [0.5, 0.6) is 11.5 Å². The Morgan fingerprint density at radius 3 is 2.56 bits per heavy atom. The molecule has 1 aliphatic rings. The maximum Gasteiger partial charge on any atom is 0.238 e. The number of rotatable bonds is 5. The summed E-state index contributed by atoms with van der Waals surface area (Å²) >= 11 is 0. The number of carbonyl (C=O) groups excluding carboxylic acids is 1. The monoisotopic (exact) mass is 376 g/mol. The standard InChI is InChI=1S/C20H22F2N2O3/c1-12-15-10-19(27-3)18(26-2)8-13(15)6-7-24(12)11-20(25)23-17-5-4-14(21)9-16(17)22/h4-5,8-10,12H,6-7,11H2,1-3H3,(H,23,25). The van der Waals surface area contributed by atoms with Crippen molar-refractivity contribution < 1.29 is 23.0 Å². The highest BCUT2D eigenvalue weighted by Crippen LogP contribution is 2.37. The third kappa shape index (κ3) is 4.03. The summed E-state index contributed by atoms with van der Waals surface area (Å²) in [5.74, 6) is -0.506. The van der Waals surface area contributed by atoms with Crippen molar-refractivity contribution in [2.24, 2.45) is 0 Å². The average molecular weight is 376 g/mol. The number of carbonyl (C=O) groups is 1. The Hall–Kier alpha value is -2.67. The van der Waals surface area contributed by atoms with Gasteiger partial charge in [0.1, 0.15) is 11.6 Å². The maximum atomic E-state index is 13.7. The molecule has 1 aliphatic heterocycles. The second-order valence-corrected chi connectivity index (χ2v) is 6.47. The van der Waals surface area contributed by atoms with Gasteiger partial charge in [0.15, 0.2) is 11.5 Å². The van der Waals surface area contributed by atoms with E-state index in [1.807, 2.05) is 24.0 Å². The zero-order chi connectivity index (χ0) is 19.6. The molecule has 2 aromatic carbocycles. The van der Waals surface area contributed by atoms with E-state index >= 15 is 0 Å². The van der Waals surface area contributed by atoms with Gasteiger partial charge in [-0.15, -0.1) is 0 Å². The summed E-state index contributed by atoms with van der Waals surface area (Å²) in [5, 5.41) is 2.50. The molecule has 1 N–H and O–H groups in total. The first kappa shape index (κ1) is 19.1. The molecule has 0 fully saturated rings. The highest BCUT2D eigenvalue weighted by molar-refractivity contribution is 5.92. The number of hydrogen-bond donors (Lipinski definition) is 1. The minimum Gasteiger partial charge on any atom is -0.493 e. The molecule has 3 rings (SSSR count). The molecule has 27 heavy (non-hydrogen) atoms. The first-order valence-corrected chi connectivity index (χ1v) is 8.66. The van der Waals surface area contributed by atoms with Gasteiger partial charge in [-0.05, 0) is 48.7 Å². The topological polar surface area (TPSA) is 50.8 Å². The Morgan fingerprint density at radius 2 is 1.89 bits per heavy atom. The van der Waals surface area contributed by atoms with E-state index < -0.39 is 11.6 Å². The summed E-state index contributed by atoms with van der Waals surface area (Å²) < 4.78 is 37.4. The summed E-state index contributed by atoms with van der Waals surface area (Å²) in [6.07, 6.45) is 0.762. The van der Waals surface area contributed by atoms with Crippen LogP contribution in [0.2, 0.25) is 0 Å². The number of ether oxygens (including phenoxy) is 2. The van der Waals surface area contributed by atoms with Crippen molar-refractivity contribution in [2.75, 3.05) is 32.6 Å². The van der Waals surface area contributed by atoms with Crippen LogP contribution in [0.3, 0.4) is 0 Å². The second-order valence-electron chi connectivity index (χ2n) is 6.47. The lowest BCUT2D eigenvalue weighted by Crippen LogP contribution is -2.39. The molecule has 1 amide bonds. The summed E-state index contributed by atoms with van der Waals surface area (Å²) in [6.45, 7) is 2.80. The molecule has 144 valence electrons. The van der Waals surface area contributed by atoms with Crippen molar-refractivity contribution in [1.82, 2.24) is 4.90 Å². The number of fused-ring (bicyclic) bond motifs is 1. The van der Waals surface area contributed by atoms with Crippen LogP contribution in [0.4, 0.5) is 14.5 Å². The average Bonchev–Trinajstić information content (AvgIpc) is 2.65. The number of methoxy groups -OCH3 is 2. The third-order valence-electron chi connectivity index (χ3n) is 4.86. The number of hydrogen-bond acceptors (Lipinski definition) is 4. The molecule has 0 bridgehead atoms. The number of anilines is 1. The minimum atomic E-state index is -0.794. The first-order chi connectivity index (χ1) is 12.9. The largest absolute Gasteiger partial charge is 0.493 e. The van der Waals surface area contributed by atoms with Crippen molar-refractivity contribution in [3.8, 4) is 11.5 Å². The lowest BCUT2D eigenvalue weighted by atomic mass is 9.93. The maximum absolute atomic E-state index is 13.7. The van der Waals surface area contributed by atoms with Gasteiger partial charge in [0.2, 0.25) is 5.91 Å². The molecule has 0 spiro atoms. The highest BCUT2D eigenvalue weighted by atomic mass is 19.1. The van der Waals surface area contributed by atoms with Crippen LogP contribution in [-0.2, 0) is 11.2 Å². The molecule has 1 heterocycles. The fourth-order valence-electron chi connectivity index (χ4n) is 3.38. The van der Waals surface area contributed by atoms with Gasteiger partial charge in [-0.1, -0.05) is 0 Å². The van der Waals surface area contributed by atoms with Crippen LogP contribution in [-0.4, -0.2) is 38.1 Å². The Kier molecular flexibility index (Phi) is 5.60. The van der Waals surface area contributed by atoms with E-state index in [2.05, 4.69) is 5.32 Å². The lowest BCUT2D eigenvalue weighted by molar-refractivity contribution is -0.117. The Balaban J connectivity index is 1.73. The van der Waals surface area contributed by atoms with E-state index in [1.54, 1.807) is 14.2 Å². The van der Waals surface area contributed by atoms with Crippen molar-refractivity contribution in [3.63, 3.8) is 0 Å². The summed E-state index contributed by atoms with van der Waals surface area (Å²) in [6, 6.07) is 6.96. The number of benzene rings is 2. The predicted molar refractivity (Wildman–Crippen MR) is 98.2 cm³/mol. The number of halogens is 2. The van der Waals surface area contributed by atoms with Crippen LogP contribution < -0.4 is 14.8 Å². The van der Waals surface area contributed by atoms with Crippen molar-refractivity contribution in [1.29, 1.82) is 0 Å². The Labute approximate surface area is 156 Å². The van der Waals surface area contributed by atoms with Gasteiger partial charge in [0.25, 0.3) is 0 Å². The zero-order valence-electron chi connectivity index (χ0n) is 15.5. The SMILES string of the molecule is COc1cc2c(cc1OC)C(C)N(CC(=O)Nc1ccc(F)cc1F)CC2. The van der Waals surface area contributed by atoms with Crippen molar-refractivity contribution in [2.45, 2.75) is 19.4 Å². The molecule has 2 aromatic rings. The fourth-order valence-corrected chi connectivity index (χ4v) is 3.38. The van der Waals surface area contributed by atoms with Gasteiger partial charge in [-0.25, -0.2) is 8.78 Å². The van der Waals surface area contributed by atoms with Crippen LogP contribution in [0.1, 0.15) is 24.1 Å². The van der Waals surface area contributed by atoms with Crippen LogP contribution in [0, 0.1) is 11.6 Å². The summed E-state index contributed by atoms with van der Waals surface area (Å²) in [5.41, 5.74) is 2.19. The van der Waals surface area contributed by atoms with Gasteiger partial charge in [-0.2, -0.15) is 0 Å². The molecule has 1 atom stereocenters. The smallest absolute Gasteiger partial charge is 0.238 e. The lowest BCUT2D eigenvalue weighted by Gasteiger charge is -2.35. The molecule has 0 aliphatic carbocycles. The number of nitrogens with one attached hydrogen (secondary N) is 1. The van der Waals surface area contributed by atoms with E-state index in [-0.39, 0.29) is 24.2 Å². The molecule has 7 heteroatoms. The Morgan fingerprint density at radius 1 is 1.19 bits per heavy atom. The van der Waals surface area contributed by atoms with Gasteiger partial charge in [0.05, 0.1) is 26.5 Å². The second kappa shape index (κ2) is 7.92. The van der Waals surface area contributed by atoms with Gasteiger partial charge in [-0.3, -0.25) is 9.69 Å². The molecule has 1 unspecified atom stereocenters. The molecular weight excluding hydrogens is 354 g/mol. The van der Waals surface area contributed by atoms with E-state index in [9.17, 15) is 13.6 Å². The molecule has 0 radical (unpaired) electrons. The van der Waals surface area contributed by atoms with Crippen LogP contribution >= 0.6 is 0 Å². The van der Waals surface area contributed by atoms with Crippen LogP contribution in [0.25, 0.3) is 0 Å². The highest BCUT2D eigenvalue weighted by Gasteiger charge is 2.27. The van der Waals surface area contributed by atoms with Crippen molar-refractivity contribution >= 4 is 11.6 Å². The third-order valence-corrected chi connectivity index (χ3v) is 4.86. The number of amides is 1. The molecule has 5 nitrogen and oxygen atoms in total. The van der Waals surface area contributed by atoms with Gasteiger partial charge < -0.3 is 14.8 Å². The van der Waals surface area contributed by atoms with E-state index in [4.69, 9.17) is 9.47 Å². The predicted octanol–water partition coefficient (Wildman–Crippen LogP) is 3.54. The minimum absolute atomic E-state index is 0.0163. The fraction of sp³-hybridized carbons (Fsp3) is 0.350. The molecule has 0 saturated heterocycles. The number of nitrogens with zero attached hydrogens (tertiary/aromatic N) is 1.